The maximum Gasteiger partial charge on any atom is 0.264 e. The minimum Gasteiger partial charge on any atom is -0.350 e. The summed E-state index contributed by atoms with van der Waals surface area (Å²) in [4.78, 5) is 28.7. The number of carbonyl (C=O) groups is 2. The third-order valence-corrected chi connectivity index (χ3v) is 8.38. The van der Waals surface area contributed by atoms with Gasteiger partial charge in [0.25, 0.3) is 10.0 Å². The predicted molar refractivity (Wildman–Crippen MR) is 159 cm³/mol. The van der Waals surface area contributed by atoms with E-state index in [1.54, 1.807) is 61.5 Å². The SMILES string of the molecule is CC[C@H](C(=O)NC(C)(C)C)N(Cc1ccc(F)cc1)C(=O)CN(c1ccc(I)cc1)S(=O)(=O)c1ccccc1. The Morgan fingerprint density at radius 1 is 0.949 bits per heavy atom. The van der Waals surface area contributed by atoms with Crippen LogP contribution in [0.1, 0.15) is 39.7 Å². The molecule has 10 heteroatoms. The van der Waals surface area contributed by atoms with Crippen LogP contribution in [0.4, 0.5) is 10.1 Å². The molecule has 7 nitrogen and oxygen atoms in total. The Bertz CT molecular complexity index is 1380. The molecule has 0 bridgehead atoms. The fourth-order valence-electron chi connectivity index (χ4n) is 4.01. The second-order valence-electron chi connectivity index (χ2n) is 10.1. The molecule has 3 aromatic rings. The zero-order chi connectivity index (χ0) is 28.8. The highest BCUT2D eigenvalue weighted by Crippen LogP contribution is 2.25. The van der Waals surface area contributed by atoms with Crippen LogP contribution in [0.5, 0.6) is 0 Å². The molecule has 0 aliphatic carbocycles. The summed E-state index contributed by atoms with van der Waals surface area (Å²) in [6.07, 6.45) is 0.295. The average molecular weight is 666 g/mol. The maximum atomic E-state index is 14.0. The largest absolute Gasteiger partial charge is 0.350 e. The average Bonchev–Trinajstić information content (AvgIpc) is 2.88. The molecule has 0 aliphatic heterocycles. The first-order chi connectivity index (χ1) is 18.3. The molecule has 0 saturated carbocycles. The standard InChI is InChI=1S/C29H33FIN3O4S/c1-5-26(28(36)32-29(2,3)4)33(19-21-11-13-22(30)14-12-21)27(35)20-34(24-17-15-23(31)16-18-24)39(37,38)25-9-7-6-8-10-25/h6-18,26H,5,19-20H2,1-4H3,(H,32,36)/t26-/m1/s1. The molecule has 0 heterocycles. The number of sulfonamides is 1. The minimum absolute atomic E-state index is 0.00109. The molecule has 0 aromatic heterocycles. The van der Waals surface area contributed by atoms with Crippen molar-refractivity contribution in [2.75, 3.05) is 10.8 Å². The Balaban J connectivity index is 2.05. The Morgan fingerprint density at radius 2 is 1.54 bits per heavy atom. The summed E-state index contributed by atoms with van der Waals surface area (Å²) in [5.41, 5.74) is 0.388. The zero-order valence-electron chi connectivity index (χ0n) is 22.4. The van der Waals surface area contributed by atoms with E-state index < -0.39 is 39.9 Å². The molecule has 3 aromatic carbocycles. The molecule has 0 spiro atoms. The molecule has 0 aliphatic rings. The van der Waals surface area contributed by atoms with Crippen molar-refractivity contribution < 1.29 is 22.4 Å². The highest BCUT2D eigenvalue weighted by Gasteiger charge is 2.34. The second-order valence-corrected chi connectivity index (χ2v) is 13.2. The van der Waals surface area contributed by atoms with Gasteiger partial charge in [-0.3, -0.25) is 13.9 Å². The lowest BCUT2D eigenvalue weighted by Crippen LogP contribution is -2.55. The maximum absolute atomic E-state index is 14.0. The topological polar surface area (TPSA) is 86.8 Å². The van der Waals surface area contributed by atoms with E-state index in [1.165, 1.54) is 29.2 Å². The lowest BCUT2D eigenvalue weighted by Gasteiger charge is -2.34. The van der Waals surface area contributed by atoms with E-state index in [1.807, 2.05) is 20.8 Å². The van der Waals surface area contributed by atoms with Gasteiger partial charge in [-0.15, -0.1) is 0 Å². The molecule has 0 unspecified atom stereocenters. The van der Waals surface area contributed by atoms with Crippen LogP contribution < -0.4 is 9.62 Å². The Morgan fingerprint density at radius 3 is 2.08 bits per heavy atom. The van der Waals surface area contributed by atoms with Crippen molar-refractivity contribution in [2.24, 2.45) is 0 Å². The number of halogens is 2. The molecule has 1 atom stereocenters. The van der Waals surface area contributed by atoms with Gasteiger partial charge in [0.1, 0.15) is 18.4 Å². The number of hydrogen-bond donors (Lipinski definition) is 1. The van der Waals surface area contributed by atoms with Gasteiger partial charge in [0.15, 0.2) is 0 Å². The molecule has 0 fully saturated rings. The number of hydrogen-bond acceptors (Lipinski definition) is 4. The van der Waals surface area contributed by atoms with Gasteiger partial charge in [0.05, 0.1) is 10.6 Å². The number of nitrogens with zero attached hydrogens (tertiary/aromatic N) is 2. The van der Waals surface area contributed by atoms with Gasteiger partial charge >= 0.3 is 0 Å². The van der Waals surface area contributed by atoms with E-state index in [0.29, 0.717) is 17.7 Å². The molecule has 2 amide bonds. The lowest BCUT2D eigenvalue weighted by atomic mass is 10.1. The van der Waals surface area contributed by atoms with Gasteiger partial charge in [0.2, 0.25) is 11.8 Å². The van der Waals surface area contributed by atoms with Crippen LogP contribution >= 0.6 is 22.6 Å². The van der Waals surface area contributed by atoms with Crippen LogP contribution in [0, 0.1) is 9.39 Å². The predicted octanol–water partition coefficient (Wildman–Crippen LogP) is 5.35. The van der Waals surface area contributed by atoms with E-state index in [4.69, 9.17) is 0 Å². The molecular weight excluding hydrogens is 632 g/mol. The monoisotopic (exact) mass is 665 g/mol. The summed E-state index contributed by atoms with van der Waals surface area (Å²) in [5.74, 6) is -1.34. The summed E-state index contributed by atoms with van der Waals surface area (Å²) >= 11 is 2.12. The number of anilines is 1. The lowest BCUT2D eigenvalue weighted by molar-refractivity contribution is -0.141. The second kappa shape index (κ2) is 12.9. The van der Waals surface area contributed by atoms with E-state index >= 15 is 0 Å². The van der Waals surface area contributed by atoms with Crippen molar-refractivity contribution in [3.05, 3.63) is 93.8 Å². The number of rotatable bonds is 10. The van der Waals surface area contributed by atoms with E-state index in [9.17, 15) is 22.4 Å². The first kappa shape index (κ1) is 30.6. The van der Waals surface area contributed by atoms with Crippen LogP contribution in [0.2, 0.25) is 0 Å². The van der Waals surface area contributed by atoms with E-state index in [2.05, 4.69) is 27.9 Å². The third-order valence-electron chi connectivity index (χ3n) is 5.87. The number of benzene rings is 3. The van der Waals surface area contributed by atoms with Crippen molar-refractivity contribution in [3.63, 3.8) is 0 Å². The summed E-state index contributed by atoms with van der Waals surface area (Å²) in [7, 11) is -4.12. The Labute approximate surface area is 243 Å². The summed E-state index contributed by atoms with van der Waals surface area (Å²) in [6, 6.07) is 19.5. The van der Waals surface area contributed by atoms with Crippen molar-refractivity contribution in [3.8, 4) is 0 Å². The van der Waals surface area contributed by atoms with Crippen LogP contribution in [-0.4, -0.2) is 43.3 Å². The number of carbonyl (C=O) groups excluding carboxylic acids is 2. The number of nitrogens with one attached hydrogen (secondary N) is 1. The molecular formula is C29H33FIN3O4S. The Hall–Kier alpha value is -2.99. The Kier molecular flexibility index (Phi) is 10.1. The molecule has 0 saturated heterocycles. The van der Waals surface area contributed by atoms with Crippen LogP contribution in [0.15, 0.2) is 83.8 Å². The first-order valence-electron chi connectivity index (χ1n) is 12.5. The fraction of sp³-hybridized carbons (Fsp3) is 0.310. The van der Waals surface area contributed by atoms with Gasteiger partial charge in [0, 0.05) is 15.7 Å². The molecule has 3 rings (SSSR count). The van der Waals surface area contributed by atoms with Crippen LogP contribution in [0.25, 0.3) is 0 Å². The fourth-order valence-corrected chi connectivity index (χ4v) is 5.81. The van der Waals surface area contributed by atoms with Crippen molar-refractivity contribution in [2.45, 2.75) is 57.1 Å². The summed E-state index contributed by atoms with van der Waals surface area (Å²) in [6.45, 7) is 6.78. The van der Waals surface area contributed by atoms with Gasteiger partial charge in [-0.25, -0.2) is 12.8 Å². The normalized spacial score (nSPS) is 12.5. The van der Waals surface area contributed by atoms with Crippen LogP contribution in [-0.2, 0) is 26.2 Å². The van der Waals surface area contributed by atoms with Gasteiger partial charge < -0.3 is 10.2 Å². The van der Waals surface area contributed by atoms with Crippen molar-refractivity contribution >= 4 is 50.1 Å². The quantitative estimate of drug-likeness (QED) is 0.296. The number of amides is 2. The zero-order valence-corrected chi connectivity index (χ0v) is 25.4. The van der Waals surface area contributed by atoms with Crippen LogP contribution in [0.3, 0.4) is 0 Å². The molecule has 1 N–H and O–H groups in total. The third kappa shape index (κ3) is 8.25. The van der Waals surface area contributed by atoms with Crippen molar-refractivity contribution in [1.29, 1.82) is 0 Å². The van der Waals surface area contributed by atoms with Crippen molar-refractivity contribution in [1.82, 2.24) is 10.2 Å². The van der Waals surface area contributed by atoms with E-state index in [0.717, 1.165) is 7.88 Å². The highest BCUT2D eigenvalue weighted by atomic mass is 127. The highest BCUT2D eigenvalue weighted by molar-refractivity contribution is 14.1. The first-order valence-corrected chi connectivity index (χ1v) is 15.0. The van der Waals surface area contributed by atoms with Gasteiger partial charge in [-0.05, 0) is 104 Å². The van der Waals surface area contributed by atoms with E-state index in [-0.39, 0.29) is 17.3 Å². The summed E-state index contributed by atoms with van der Waals surface area (Å²) < 4.78 is 43.1. The minimum atomic E-state index is -4.12. The molecule has 208 valence electrons. The summed E-state index contributed by atoms with van der Waals surface area (Å²) in [5, 5.41) is 2.92. The molecule has 39 heavy (non-hydrogen) atoms. The smallest absolute Gasteiger partial charge is 0.264 e. The van der Waals surface area contributed by atoms with Gasteiger partial charge in [-0.2, -0.15) is 0 Å². The molecule has 0 radical (unpaired) electrons. The van der Waals surface area contributed by atoms with Gasteiger partial charge in [-0.1, -0.05) is 37.3 Å².